The van der Waals surface area contributed by atoms with Gasteiger partial charge in [-0.15, -0.1) is 0 Å². The molecule has 0 aromatic heterocycles. The van der Waals surface area contributed by atoms with E-state index in [4.69, 9.17) is 9.47 Å². The molecular weight excluding hydrogens is 304 g/mol. The van der Waals surface area contributed by atoms with Crippen LogP contribution in [0, 0.1) is 11.3 Å². The van der Waals surface area contributed by atoms with Crippen molar-refractivity contribution in [2.45, 2.75) is 18.6 Å². The van der Waals surface area contributed by atoms with E-state index in [1.165, 1.54) is 0 Å². The number of hydrogen-bond donors (Lipinski definition) is 1. The maximum Gasteiger partial charge on any atom is 0.139 e. The molecule has 3 heterocycles. The number of anilines is 1. The van der Waals surface area contributed by atoms with Gasteiger partial charge >= 0.3 is 0 Å². The summed E-state index contributed by atoms with van der Waals surface area (Å²) in [5.41, 5.74) is 1.77. The van der Waals surface area contributed by atoms with Crippen molar-refractivity contribution in [1.82, 2.24) is 10.2 Å². The second-order valence-corrected chi connectivity index (χ2v) is 6.74. The third kappa shape index (κ3) is 3.20. The number of ether oxygens (including phenoxy) is 2. The lowest BCUT2D eigenvalue weighted by atomic mass is 10.1. The zero-order chi connectivity index (χ0) is 16.4. The lowest BCUT2D eigenvalue weighted by Gasteiger charge is -2.43. The van der Waals surface area contributed by atoms with Gasteiger partial charge in [0.05, 0.1) is 24.8 Å². The number of rotatable bonds is 4. The number of nitrogens with zero attached hydrogens (tertiary/aromatic N) is 3. The van der Waals surface area contributed by atoms with Crippen LogP contribution in [0.4, 0.5) is 5.69 Å². The summed E-state index contributed by atoms with van der Waals surface area (Å²) in [6, 6.07) is 8.83. The summed E-state index contributed by atoms with van der Waals surface area (Å²) in [5, 5.41) is 12.6. The van der Waals surface area contributed by atoms with Gasteiger partial charge in [-0.1, -0.05) is 0 Å². The Morgan fingerprint density at radius 3 is 2.67 bits per heavy atom. The first-order chi connectivity index (χ1) is 11.8. The summed E-state index contributed by atoms with van der Waals surface area (Å²) in [5.74, 6) is 0.721. The van der Waals surface area contributed by atoms with Gasteiger partial charge < -0.3 is 19.7 Å². The second-order valence-electron chi connectivity index (χ2n) is 6.74. The molecule has 0 aliphatic carbocycles. The highest BCUT2D eigenvalue weighted by Crippen LogP contribution is 2.28. The normalized spacial score (nSPS) is 25.3. The minimum Gasteiger partial charge on any atom is -0.488 e. The fourth-order valence-corrected chi connectivity index (χ4v) is 3.59. The van der Waals surface area contributed by atoms with Crippen molar-refractivity contribution in [3.05, 3.63) is 23.8 Å². The molecule has 4 rings (SSSR count). The van der Waals surface area contributed by atoms with Crippen molar-refractivity contribution in [2.24, 2.45) is 0 Å². The van der Waals surface area contributed by atoms with Crippen LogP contribution >= 0.6 is 0 Å². The molecule has 3 saturated heterocycles. The van der Waals surface area contributed by atoms with Gasteiger partial charge in [-0.3, -0.25) is 4.90 Å². The van der Waals surface area contributed by atoms with E-state index in [1.807, 2.05) is 18.2 Å². The Kier molecular flexibility index (Phi) is 4.56. The van der Waals surface area contributed by atoms with E-state index in [-0.39, 0.29) is 6.10 Å². The van der Waals surface area contributed by atoms with Crippen LogP contribution in [0.25, 0.3) is 0 Å². The van der Waals surface area contributed by atoms with Crippen LogP contribution in [0.2, 0.25) is 0 Å². The molecule has 3 aliphatic rings. The Labute approximate surface area is 142 Å². The lowest BCUT2D eigenvalue weighted by Crippen LogP contribution is -2.56. The molecule has 6 heteroatoms. The third-order valence-electron chi connectivity index (χ3n) is 5.21. The number of hydrogen-bond acceptors (Lipinski definition) is 6. The van der Waals surface area contributed by atoms with E-state index in [9.17, 15) is 5.26 Å². The summed E-state index contributed by atoms with van der Waals surface area (Å²) in [7, 11) is 0. The molecule has 0 radical (unpaired) electrons. The largest absolute Gasteiger partial charge is 0.488 e. The molecule has 3 aliphatic heterocycles. The van der Waals surface area contributed by atoms with Crippen molar-refractivity contribution in [3.63, 3.8) is 0 Å². The van der Waals surface area contributed by atoms with Gasteiger partial charge in [0.1, 0.15) is 17.9 Å². The number of nitriles is 1. The topological polar surface area (TPSA) is 60.8 Å². The monoisotopic (exact) mass is 328 g/mol. The van der Waals surface area contributed by atoms with Gasteiger partial charge in [0.2, 0.25) is 0 Å². The van der Waals surface area contributed by atoms with E-state index >= 15 is 0 Å². The molecule has 1 aromatic rings. The first-order valence-electron chi connectivity index (χ1n) is 8.82. The van der Waals surface area contributed by atoms with E-state index in [2.05, 4.69) is 21.2 Å². The quantitative estimate of drug-likeness (QED) is 0.883. The maximum atomic E-state index is 9.35. The molecule has 1 N–H and O–H groups in total. The Balaban J connectivity index is 1.44. The van der Waals surface area contributed by atoms with Gasteiger partial charge in [-0.2, -0.15) is 5.26 Å². The van der Waals surface area contributed by atoms with Crippen LogP contribution in [0.5, 0.6) is 5.75 Å². The molecule has 128 valence electrons. The van der Waals surface area contributed by atoms with Crippen molar-refractivity contribution >= 4 is 5.69 Å². The highest BCUT2D eigenvalue weighted by atomic mass is 16.5. The van der Waals surface area contributed by atoms with Gasteiger partial charge in [0, 0.05) is 44.5 Å². The summed E-state index contributed by atoms with van der Waals surface area (Å²) < 4.78 is 11.4. The predicted octanol–water partition coefficient (Wildman–Crippen LogP) is 0.820. The third-order valence-corrected chi connectivity index (χ3v) is 5.21. The lowest BCUT2D eigenvalue weighted by molar-refractivity contribution is -0.0660. The summed E-state index contributed by atoms with van der Waals surface area (Å²) in [4.78, 5) is 4.90. The van der Waals surface area contributed by atoms with Crippen molar-refractivity contribution in [3.8, 4) is 11.8 Å². The molecule has 0 bridgehead atoms. The molecule has 0 amide bonds. The van der Waals surface area contributed by atoms with E-state index in [1.54, 1.807) is 0 Å². The molecule has 24 heavy (non-hydrogen) atoms. The first-order valence-corrected chi connectivity index (χ1v) is 8.82. The van der Waals surface area contributed by atoms with Crippen LogP contribution in [0.15, 0.2) is 18.2 Å². The van der Waals surface area contributed by atoms with Crippen LogP contribution in [0.3, 0.4) is 0 Å². The number of nitrogens with one attached hydrogen (secondary N) is 1. The van der Waals surface area contributed by atoms with E-state index in [0.717, 1.165) is 70.3 Å². The summed E-state index contributed by atoms with van der Waals surface area (Å²) in [6.07, 6.45) is 1.17. The molecule has 0 spiro atoms. The van der Waals surface area contributed by atoms with Gasteiger partial charge in [-0.05, 0) is 25.1 Å². The molecule has 1 atom stereocenters. The summed E-state index contributed by atoms with van der Waals surface area (Å²) in [6.45, 7) is 7.75. The zero-order valence-corrected chi connectivity index (χ0v) is 13.9. The van der Waals surface area contributed by atoms with Crippen LogP contribution in [0.1, 0.15) is 12.0 Å². The van der Waals surface area contributed by atoms with Crippen LogP contribution in [-0.2, 0) is 4.74 Å². The maximum absolute atomic E-state index is 9.35. The van der Waals surface area contributed by atoms with Crippen LogP contribution in [-0.4, -0.2) is 69.5 Å². The molecule has 1 aromatic carbocycles. The number of benzene rings is 1. The molecule has 1 unspecified atom stereocenters. The fraction of sp³-hybridized carbons (Fsp3) is 0.611. The fourth-order valence-electron chi connectivity index (χ4n) is 3.59. The molecule has 6 nitrogen and oxygen atoms in total. The standard InChI is InChI=1S/C18H24N4O2/c19-10-14-1-2-15(9-18(14)24-17-3-4-20-11-17)21-5-7-22(8-6-21)16-12-23-13-16/h1-2,9,16-17,20H,3-8,11-13H2. The number of piperazine rings is 1. The van der Waals surface area contributed by atoms with Gasteiger partial charge in [-0.25, -0.2) is 0 Å². The van der Waals surface area contributed by atoms with E-state index < -0.39 is 0 Å². The molecular formula is C18H24N4O2. The average Bonchev–Trinajstić information content (AvgIpc) is 3.07. The first kappa shape index (κ1) is 15.7. The Morgan fingerprint density at radius 2 is 2.04 bits per heavy atom. The highest BCUT2D eigenvalue weighted by Gasteiger charge is 2.29. The van der Waals surface area contributed by atoms with Crippen molar-refractivity contribution in [1.29, 1.82) is 5.26 Å². The Bertz CT molecular complexity index is 612. The van der Waals surface area contributed by atoms with Crippen LogP contribution < -0.4 is 15.0 Å². The zero-order valence-electron chi connectivity index (χ0n) is 13.9. The predicted molar refractivity (Wildman–Crippen MR) is 91.5 cm³/mol. The molecule has 0 saturated carbocycles. The minimum atomic E-state index is 0.169. The minimum absolute atomic E-state index is 0.169. The Morgan fingerprint density at radius 1 is 1.21 bits per heavy atom. The van der Waals surface area contributed by atoms with E-state index in [0.29, 0.717) is 11.6 Å². The summed E-state index contributed by atoms with van der Waals surface area (Å²) >= 11 is 0. The highest BCUT2D eigenvalue weighted by molar-refractivity contribution is 5.57. The van der Waals surface area contributed by atoms with Gasteiger partial charge in [0.25, 0.3) is 0 Å². The average molecular weight is 328 g/mol. The van der Waals surface area contributed by atoms with Gasteiger partial charge in [0.15, 0.2) is 0 Å². The smallest absolute Gasteiger partial charge is 0.139 e. The van der Waals surface area contributed by atoms with Crippen molar-refractivity contribution in [2.75, 3.05) is 57.4 Å². The Hall–Kier alpha value is -1.81. The molecule has 3 fully saturated rings. The second kappa shape index (κ2) is 6.98. The van der Waals surface area contributed by atoms with Crippen molar-refractivity contribution < 1.29 is 9.47 Å². The SMILES string of the molecule is N#Cc1ccc(N2CCN(C3COC3)CC2)cc1OC1CCNC1.